The summed E-state index contributed by atoms with van der Waals surface area (Å²) in [5.41, 5.74) is 9.10. The third-order valence-corrected chi connectivity index (χ3v) is 8.84. The maximum Gasteiger partial charge on any atom is 0.497 e. The number of nitrogen functional groups attached to an aromatic ring is 1. The van der Waals surface area contributed by atoms with Gasteiger partial charge in [0.25, 0.3) is 0 Å². The van der Waals surface area contributed by atoms with Gasteiger partial charge < -0.3 is 19.8 Å². The molecule has 0 unspecified atom stereocenters. The molecule has 2 bridgehead atoms. The summed E-state index contributed by atoms with van der Waals surface area (Å²) in [6, 6.07) is 7.30. The van der Waals surface area contributed by atoms with Crippen LogP contribution < -0.4 is 15.9 Å². The van der Waals surface area contributed by atoms with Gasteiger partial charge in [-0.1, -0.05) is 19.9 Å². The Hall–Kier alpha value is -2.71. The molecule has 2 heterocycles. The highest BCUT2D eigenvalue weighted by Gasteiger charge is 2.68. The highest BCUT2D eigenvalue weighted by Crippen LogP contribution is 2.65. The SMILES string of the molecule is COc1cc(C)c(B2O[C@@H]3C[C@@H]4C[C@@H](C4(C)C)[C@]3(C)O2)c(F)c1-c1ccc2c(N)cnnc2c1. The van der Waals surface area contributed by atoms with Crippen LogP contribution in [-0.2, 0) is 9.31 Å². The molecule has 1 aromatic heterocycles. The van der Waals surface area contributed by atoms with Crippen LogP contribution in [0.5, 0.6) is 5.75 Å². The van der Waals surface area contributed by atoms with Gasteiger partial charge in [-0.15, -0.1) is 0 Å². The van der Waals surface area contributed by atoms with E-state index in [0.717, 1.165) is 23.8 Å². The summed E-state index contributed by atoms with van der Waals surface area (Å²) >= 11 is 0. The van der Waals surface area contributed by atoms with Crippen molar-refractivity contribution in [3.05, 3.63) is 41.8 Å². The quantitative estimate of drug-likeness (QED) is 0.587. The summed E-state index contributed by atoms with van der Waals surface area (Å²) in [6.45, 7) is 8.65. The van der Waals surface area contributed by atoms with Crippen molar-refractivity contribution in [2.75, 3.05) is 12.8 Å². The van der Waals surface area contributed by atoms with Crippen LogP contribution in [0.3, 0.4) is 0 Å². The van der Waals surface area contributed by atoms with E-state index in [4.69, 9.17) is 19.8 Å². The number of nitrogens with two attached hydrogens (primary N) is 1. The van der Waals surface area contributed by atoms with Crippen molar-refractivity contribution in [3.63, 3.8) is 0 Å². The molecule has 0 spiro atoms. The number of hydrogen-bond acceptors (Lipinski definition) is 6. The van der Waals surface area contributed by atoms with Crippen molar-refractivity contribution in [1.29, 1.82) is 0 Å². The number of nitrogens with zero attached hydrogens (tertiary/aromatic N) is 2. The van der Waals surface area contributed by atoms with Gasteiger partial charge in [-0.2, -0.15) is 10.2 Å². The number of halogens is 1. The molecular formula is C26H29BFN3O3. The van der Waals surface area contributed by atoms with Crippen molar-refractivity contribution in [3.8, 4) is 16.9 Å². The predicted molar refractivity (Wildman–Crippen MR) is 130 cm³/mol. The molecule has 1 saturated heterocycles. The van der Waals surface area contributed by atoms with Gasteiger partial charge in [0.05, 0.1) is 41.8 Å². The summed E-state index contributed by atoms with van der Waals surface area (Å²) < 4.78 is 35.0. The second-order valence-corrected chi connectivity index (χ2v) is 10.8. The molecule has 4 atom stereocenters. The van der Waals surface area contributed by atoms with Gasteiger partial charge >= 0.3 is 7.12 Å². The van der Waals surface area contributed by atoms with Crippen molar-refractivity contribution < 1.29 is 18.4 Å². The number of hydrogen-bond donors (Lipinski definition) is 1. The predicted octanol–water partition coefficient (Wildman–Crippen LogP) is 4.27. The maximum absolute atomic E-state index is 16.4. The number of methoxy groups -OCH3 is 1. The lowest BCUT2D eigenvalue weighted by Gasteiger charge is -2.64. The zero-order valence-electron chi connectivity index (χ0n) is 20.2. The molecule has 7 rings (SSSR count). The van der Waals surface area contributed by atoms with Crippen molar-refractivity contribution in [2.24, 2.45) is 17.3 Å². The minimum Gasteiger partial charge on any atom is -0.496 e. The van der Waals surface area contributed by atoms with E-state index in [2.05, 4.69) is 31.0 Å². The topological polar surface area (TPSA) is 79.5 Å². The number of ether oxygens (including phenoxy) is 1. The molecule has 6 nitrogen and oxygen atoms in total. The van der Waals surface area contributed by atoms with E-state index >= 15 is 4.39 Å². The fourth-order valence-corrected chi connectivity index (χ4v) is 6.71. The Kier molecular flexibility index (Phi) is 4.59. The first-order chi connectivity index (χ1) is 16.1. The van der Waals surface area contributed by atoms with Gasteiger partial charge in [-0.25, -0.2) is 4.39 Å². The smallest absolute Gasteiger partial charge is 0.496 e. The molecular weight excluding hydrogens is 432 g/mol. The standard InChI is InChI=1S/C26H29BFN3O3/c1-13-8-19(32-5)22(14-6-7-16-17(29)12-30-31-18(16)9-14)24(28)23(13)27-33-21-11-15-10-20(25(15,2)3)26(21,4)34-27/h6-9,12,15,20-21H,10-11H2,1-5H3,(H2,29,31)/t15-,20-,21+,26-/m0/s1. The summed E-state index contributed by atoms with van der Waals surface area (Å²) in [5.74, 6) is 1.08. The summed E-state index contributed by atoms with van der Waals surface area (Å²) in [7, 11) is 0.787. The number of fused-ring (bicyclic) bond motifs is 1. The number of aromatic nitrogens is 2. The monoisotopic (exact) mass is 461 g/mol. The minimum atomic E-state index is -0.759. The van der Waals surface area contributed by atoms with Gasteiger partial charge in [-0.05, 0) is 73.3 Å². The molecule has 2 N–H and O–H groups in total. The van der Waals surface area contributed by atoms with Crippen LogP contribution in [0.25, 0.3) is 22.0 Å². The first kappa shape index (κ1) is 21.8. The Labute approximate surface area is 199 Å². The van der Waals surface area contributed by atoms with E-state index in [1.807, 2.05) is 25.1 Å². The fourth-order valence-electron chi connectivity index (χ4n) is 6.71. The highest BCUT2D eigenvalue weighted by molar-refractivity contribution is 6.62. The first-order valence-corrected chi connectivity index (χ1v) is 11.9. The summed E-state index contributed by atoms with van der Waals surface area (Å²) in [6.07, 6.45) is 3.57. The molecule has 34 heavy (non-hydrogen) atoms. The van der Waals surface area contributed by atoms with E-state index in [0.29, 0.717) is 45.4 Å². The third-order valence-electron chi connectivity index (χ3n) is 8.84. The molecule has 1 aliphatic heterocycles. The molecule has 0 amide bonds. The minimum absolute atomic E-state index is 0.0301. The van der Waals surface area contributed by atoms with Gasteiger partial charge in [0.2, 0.25) is 0 Å². The summed E-state index contributed by atoms with van der Waals surface area (Å²) in [5, 5.41) is 8.88. The molecule has 4 fully saturated rings. The molecule has 3 saturated carbocycles. The Morgan fingerprint density at radius 1 is 1.21 bits per heavy atom. The Balaban J connectivity index is 1.45. The lowest BCUT2D eigenvalue weighted by atomic mass is 9.43. The Morgan fingerprint density at radius 3 is 2.74 bits per heavy atom. The van der Waals surface area contributed by atoms with E-state index in [-0.39, 0.29) is 11.5 Å². The van der Waals surface area contributed by atoms with Crippen molar-refractivity contribution in [2.45, 2.75) is 52.2 Å². The molecule has 3 aliphatic carbocycles. The van der Waals surface area contributed by atoms with E-state index < -0.39 is 18.5 Å². The largest absolute Gasteiger partial charge is 0.497 e. The number of anilines is 1. The van der Waals surface area contributed by atoms with Crippen molar-refractivity contribution >= 4 is 29.2 Å². The molecule has 0 radical (unpaired) electrons. The van der Waals surface area contributed by atoms with Gasteiger partial charge in [0.15, 0.2) is 0 Å². The fraction of sp³-hybridized carbons (Fsp3) is 0.462. The van der Waals surface area contributed by atoms with Gasteiger partial charge in [-0.3, -0.25) is 0 Å². The van der Waals surface area contributed by atoms with Crippen LogP contribution in [0, 0.1) is 30.0 Å². The van der Waals surface area contributed by atoms with Gasteiger partial charge in [0.1, 0.15) is 11.6 Å². The number of rotatable bonds is 3. The zero-order valence-corrected chi connectivity index (χ0v) is 20.2. The van der Waals surface area contributed by atoms with Crippen LogP contribution in [0.4, 0.5) is 10.1 Å². The number of aryl methyl sites for hydroxylation is 1. The normalized spacial score (nSPS) is 29.1. The van der Waals surface area contributed by atoms with Crippen LogP contribution >= 0.6 is 0 Å². The lowest BCUT2D eigenvalue weighted by molar-refractivity contribution is -0.199. The van der Waals surface area contributed by atoms with Crippen LogP contribution in [0.1, 0.15) is 39.2 Å². The molecule has 176 valence electrons. The molecule has 4 aliphatic rings. The summed E-state index contributed by atoms with van der Waals surface area (Å²) in [4.78, 5) is 0. The zero-order chi connectivity index (χ0) is 24.0. The second kappa shape index (κ2) is 7.15. The average molecular weight is 461 g/mol. The first-order valence-electron chi connectivity index (χ1n) is 11.9. The van der Waals surface area contributed by atoms with Crippen LogP contribution in [0.2, 0.25) is 0 Å². The molecule has 2 aromatic carbocycles. The van der Waals surface area contributed by atoms with Crippen LogP contribution in [0.15, 0.2) is 30.5 Å². The molecule has 8 heteroatoms. The highest BCUT2D eigenvalue weighted by atomic mass is 19.1. The molecule has 3 aromatic rings. The average Bonchev–Trinajstić information content (AvgIpc) is 3.15. The lowest BCUT2D eigenvalue weighted by Crippen LogP contribution is -2.65. The van der Waals surface area contributed by atoms with E-state index in [9.17, 15) is 0 Å². The Morgan fingerprint density at radius 2 is 2.00 bits per heavy atom. The second-order valence-electron chi connectivity index (χ2n) is 10.8. The van der Waals surface area contributed by atoms with Gasteiger partial charge in [0, 0.05) is 10.8 Å². The third kappa shape index (κ3) is 2.81. The number of benzene rings is 2. The van der Waals surface area contributed by atoms with Crippen LogP contribution in [-0.4, -0.2) is 36.1 Å². The van der Waals surface area contributed by atoms with E-state index in [1.54, 1.807) is 13.2 Å². The maximum atomic E-state index is 16.4. The van der Waals surface area contributed by atoms with E-state index in [1.165, 1.54) is 6.20 Å². The Bertz CT molecular complexity index is 1330. The van der Waals surface area contributed by atoms with Crippen molar-refractivity contribution in [1.82, 2.24) is 10.2 Å².